The molecule has 1 aliphatic heterocycles. The number of nitrogens with zero attached hydrogens (tertiary/aromatic N) is 1. The first-order valence-corrected chi connectivity index (χ1v) is 10.1. The zero-order chi connectivity index (χ0) is 17.8. The first kappa shape index (κ1) is 21.2. The van der Waals surface area contributed by atoms with Gasteiger partial charge in [-0.15, -0.1) is 0 Å². The molecule has 2 rings (SSSR count). The van der Waals surface area contributed by atoms with Crippen LogP contribution in [0.25, 0.3) is 0 Å². The maximum absolute atomic E-state index is 3.48. The summed E-state index contributed by atoms with van der Waals surface area (Å²) in [6.07, 6.45) is 6.60. The van der Waals surface area contributed by atoms with Gasteiger partial charge in [0, 0.05) is 18.6 Å². The van der Waals surface area contributed by atoms with Gasteiger partial charge in [-0.25, -0.2) is 0 Å². The largest absolute Gasteiger partial charge is 0.312 e. The molecule has 2 heteroatoms. The number of rotatable bonds is 7. The van der Waals surface area contributed by atoms with Gasteiger partial charge in [-0.2, -0.15) is 0 Å². The Morgan fingerprint density at radius 3 is 1.96 bits per heavy atom. The predicted molar refractivity (Wildman–Crippen MR) is 107 cm³/mol. The molecule has 0 radical (unpaired) electrons. The average Bonchev–Trinajstić information content (AvgIpc) is 2.63. The smallest absolute Gasteiger partial charge is 0.0233 e. The van der Waals surface area contributed by atoms with E-state index in [0.717, 1.165) is 12.5 Å². The Morgan fingerprint density at radius 1 is 0.958 bits per heavy atom. The highest BCUT2D eigenvalue weighted by molar-refractivity contribution is 5.14. The van der Waals surface area contributed by atoms with Gasteiger partial charge in [0.1, 0.15) is 0 Å². The summed E-state index contributed by atoms with van der Waals surface area (Å²) in [5, 5.41) is 3.48. The first-order valence-electron chi connectivity index (χ1n) is 10.1. The SMILES string of the molecule is CCC(C)NC(C)CC.CCC1CCN(Cc2ccccc2)CC1. The van der Waals surface area contributed by atoms with Gasteiger partial charge in [0.15, 0.2) is 0 Å². The van der Waals surface area contributed by atoms with Crippen molar-refractivity contribution in [3.8, 4) is 0 Å². The number of piperidine rings is 1. The van der Waals surface area contributed by atoms with E-state index in [1.807, 2.05) is 0 Å². The van der Waals surface area contributed by atoms with Gasteiger partial charge in [-0.1, -0.05) is 57.5 Å². The Morgan fingerprint density at radius 2 is 1.50 bits per heavy atom. The second kappa shape index (κ2) is 12.5. The molecule has 0 bridgehead atoms. The number of nitrogens with one attached hydrogen (secondary N) is 1. The highest BCUT2D eigenvalue weighted by Crippen LogP contribution is 2.21. The van der Waals surface area contributed by atoms with Gasteiger partial charge in [0.2, 0.25) is 0 Å². The summed E-state index contributed by atoms with van der Waals surface area (Å²) in [6.45, 7) is 14.9. The van der Waals surface area contributed by atoms with Gasteiger partial charge in [0.25, 0.3) is 0 Å². The fraction of sp³-hybridized carbons (Fsp3) is 0.727. The van der Waals surface area contributed by atoms with Gasteiger partial charge in [-0.3, -0.25) is 4.90 Å². The summed E-state index contributed by atoms with van der Waals surface area (Å²) in [7, 11) is 0. The van der Waals surface area contributed by atoms with Crippen molar-refractivity contribution in [1.29, 1.82) is 0 Å². The zero-order valence-corrected chi connectivity index (χ0v) is 16.7. The lowest BCUT2D eigenvalue weighted by molar-refractivity contribution is 0.175. The molecule has 0 amide bonds. The number of hydrogen-bond acceptors (Lipinski definition) is 2. The van der Waals surface area contributed by atoms with Crippen molar-refractivity contribution >= 4 is 0 Å². The zero-order valence-electron chi connectivity index (χ0n) is 16.7. The summed E-state index contributed by atoms with van der Waals surface area (Å²) in [4.78, 5) is 2.58. The van der Waals surface area contributed by atoms with Crippen LogP contribution in [-0.4, -0.2) is 30.1 Å². The lowest BCUT2D eigenvalue weighted by Crippen LogP contribution is -2.33. The minimum atomic E-state index is 0.681. The standard InChI is InChI=1S/C14H21N.C8H19N/c1-2-13-8-10-15(11-9-13)12-14-6-4-3-5-7-14;1-5-7(3)9-8(4)6-2/h3-7,13H,2,8-12H2,1H3;7-9H,5-6H2,1-4H3. The molecule has 1 aromatic carbocycles. The molecule has 1 aromatic rings. The second-order valence-electron chi connectivity index (χ2n) is 7.40. The van der Waals surface area contributed by atoms with Crippen LogP contribution < -0.4 is 5.32 Å². The summed E-state index contributed by atoms with van der Waals surface area (Å²) in [5.74, 6) is 0.983. The van der Waals surface area contributed by atoms with Crippen LogP contribution in [0.15, 0.2) is 30.3 Å². The Bertz CT molecular complexity index is 388. The molecule has 1 fully saturated rings. The van der Waals surface area contributed by atoms with Crippen molar-refractivity contribution in [2.75, 3.05) is 13.1 Å². The molecule has 2 nitrogen and oxygen atoms in total. The molecule has 2 unspecified atom stereocenters. The topological polar surface area (TPSA) is 15.3 Å². The molecule has 0 aromatic heterocycles. The van der Waals surface area contributed by atoms with Crippen LogP contribution in [0.4, 0.5) is 0 Å². The van der Waals surface area contributed by atoms with Crippen molar-refractivity contribution < 1.29 is 0 Å². The third kappa shape index (κ3) is 8.84. The molecule has 1 heterocycles. The van der Waals surface area contributed by atoms with Crippen LogP contribution in [0.3, 0.4) is 0 Å². The molecule has 138 valence electrons. The van der Waals surface area contributed by atoms with Crippen molar-refractivity contribution in [3.63, 3.8) is 0 Å². The van der Waals surface area contributed by atoms with Gasteiger partial charge >= 0.3 is 0 Å². The second-order valence-corrected chi connectivity index (χ2v) is 7.40. The van der Waals surface area contributed by atoms with E-state index in [0.29, 0.717) is 12.1 Å². The van der Waals surface area contributed by atoms with Gasteiger partial charge in [-0.05, 0) is 64.1 Å². The summed E-state index contributed by atoms with van der Waals surface area (Å²) in [5.41, 5.74) is 1.45. The van der Waals surface area contributed by atoms with Crippen LogP contribution in [0.5, 0.6) is 0 Å². The van der Waals surface area contributed by atoms with Crippen molar-refractivity contribution in [3.05, 3.63) is 35.9 Å². The molecule has 1 aliphatic rings. The number of likely N-dealkylation sites (tertiary alicyclic amines) is 1. The molecule has 0 aliphatic carbocycles. The Labute approximate surface area is 151 Å². The fourth-order valence-electron chi connectivity index (χ4n) is 3.12. The molecule has 0 spiro atoms. The van der Waals surface area contributed by atoms with E-state index in [4.69, 9.17) is 0 Å². The van der Waals surface area contributed by atoms with Crippen molar-refractivity contribution in [2.24, 2.45) is 5.92 Å². The maximum Gasteiger partial charge on any atom is 0.0233 e. The Hall–Kier alpha value is -0.860. The lowest BCUT2D eigenvalue weighted by atomic mass is 9.94. The summed E-state index contributed by atoms with van der Waals surface area (Å²) >= 11 is 0. The highest BCUT2D eigenvalue weighted by Gasteiger charge is 2.17. The monoisotopic (exact) mass is 332 g/mol. The number of hydrogen-bond donors (Lipinski definition) is 1. The van der Waals surface area contributed by atoms with Crippen LogP contribution in [0.1, 0.15) is 72.3 Å². The predicted octanol–water partition coefficient (Wildman–Crippen LogP) is 5.48. The third-order valence-corrected chi connectivity index (χ3v) is 5.33. The van der Waals surface area contributed by atoms with E-state index in [-0.39, 0.29) is 0 Å². The highest BCUT2D eigenvalue weighted by atomic mass is 15.1. The minimum Gasteiger partial charge on any atom is -0.312 e. The van der Waals surface area contributed by atoms with Crippen LogP contribution in [0, 0.1) is 5.92 Å². The average molecular weight is 333 g/mol. The normalized spacial score (nSPS) is 18.5. The van der Waals surface area contributed by atoms with Crippen molar-refractivity contribution in [1.82, 2.24) is 10.2 Å². The van der Waals surface area contributed by atoms with Crippen LogP contribution >= 0.6 is 0 Å². The van der Waals surface area contributed by atoms with Gasteiger partial charge in [0.05, 0.1) is 0 Å². The Kier molecular flexibility index (Phi) is 11.0. The van der Waals surface area contributed by atoms with E-state index >= 15 is 0 Å². The lowest BCUT2D eigenvalue weighted by Gasteiger charge is -2.31. The minimum absolute atomic E-state index is 0.681. The Balaban J connectivity index is 0.000000277. The molecule has 1 N–H and O–H groups in total. The molecular formula is C22H40N2. The van der Waals surface area contributed by atoms with Gasteiger partial charge < -0.3 is 5.32 Å². The fourth-order valence-corrected chi connectivity index (χ4v) is 3.12. The molecule has 2 atom stereocenters. The first-order chi connectivity index (χ1) is 11.6. The van der Waals surface area contributed by atoms with Crippen molar-refractivity contribution in [2.45, 2.75) is 85.4 Å². The van der Waals surface area contributed by atoms with Crippen LogP contribution in [0.2, 0.25) is 0 Å². The summed E-state index contributed by atoms with van der Waals surface area (Å²) < 4.78 is 0. The molecular weight excluding hydrogens is 292 g/mol. The van der Waals surface area contributed by atoms with E-state index in [1.165, 1.54) is 50.8 Å². The van der Waals surface area contributed by atoms with E-state index in [2.05, 4.69) is 75.2 Å². The third-order valence-electron chi connectivity index (χ3n) is 5.33. The molecule has 0 saturated carbocycles. The quantitative estimate of drug-likeness (QED) is 0.711. The van der Waals surface area contributed by atoms with Crippen LogP contribution in [-0.2, 0) is 6.54 Å². The molecule has 24 heavy (non-hydrogen) atoms. The molecule has 1 saturated heterocycles. The number of benzene rings is 1. The van der Waals surface area contributed by atoms with E-state index < -0.39 is 0 Å². The maximum atomic E-state index is 3.48. The van der Waals surface area contributed by atoms with E-state index in [9.17, 15) is 0 Å². The summed E-state index contributed by atoms with van der Waals surface area (Å²) in [6, 6.07) is 12.2. The van der Waals surface area contributed by atoms with E-state index in [1.54, 1.807) is 0 Å².